The van der Waals surface area contributed by atoms with E-state index >= 15 is 0 Å². The highest BCUT2D eigenvalue weighted by atomic mass is 79.9. The van der Waals surface area contributed by atoms with Gasteiger partial charge in [-0.2, -0.15) is 0 Å². The molecule has 0 aliphatic heterocycles. The monoisotopic (exact) mass is 371 g/mol. The number of aliphatic carboxylic acids is 2. The molecule has 0 radical (unpaired) electrons. The third kappa shape index (κ3) is 7.60. The number of hydrogen-bond donors (Lipinski definition) is 3. The van der Waals surface area contributed by atoms with Crippen LogP contribution >= 0.6 is 27.3 Å². The minimum absolute atomic E-state index is 0.927. The van der Waals surface area contributed by atoms with Gasteiger partial charge >= 0.3 is 11.9 Å². The molecule has 0 unspecified atom stereocenters. The highest BCUT2D eigenvalue weighted by Crippen LogP contribution is 2.19. The molecule has 0 bridgehead atoms. The molecule has 0 saturated heterocycles. The number of benzene rings is 1. The summed E-state index contributed by atoms with van der Waals surface area (Å²) in [4.78, 5) is 19.6. The third-order valence-electron chi connectivity index (χ3n) is 2.28. The summed E-state index contributed by atoms with van der Waals surface area (Å²) >= 11 is 5.23. The zero-order chi connectivity index (χ0) is 15.7. The maximum atomic E-state index is 9.10. The van der Waals surface area contributed by atoms with Gasteiger partial charge in [0, 0.05) is 27.8 Å². The molecule has 1 aromatic heterocycles. The van der Waals surface area contributed by atoms with Crippen LogP contribution in [0.25, 0.3) is 0 Å². The van der Waals surface area contributed by atoms with Gasteiger partial charge < -0.3 is 15.5 Å². The lowest BCUT2D eigenvalue weighted by atomic mass is 10.2. The number of thiophene rings is 1. The fourth-order valence-corrected chi connectivity index (χ4v) is 2.79. The van der Waals surface area contributed by atoms with Gasteiger partial charge in [-0.3, -0.25) is 0 Å². The van der Waals surface area contributed by atoms with Crippen molar-refractivity contribution in [3.05, 3.63) is 56.7 Å². The fraction of sp³-hybridized carbons (Fsp3) is 0.143. The lowest BCUT2D eigenvalue weighted by molar-refractivity contribution is -0.159. The summed E-state index contributed by atoms with van der Waals surface area (Å²) in [7, 11) is 0. The van der Waals surface area contributed by atoms with E-state index in [0.29, 0.717) is 0 Å². The van der Waals surface area contributed by atoms with E-state index in [2.05, 4.69) is 57.0 Å². The number of carboxylic acids is 2. The van der Waals surface area contributed by atoms with Crippen molar-refractivity contribution in [1.82, 2.24) is 5.32 Å². The quantitative estimate of drug-likeness (QED) is 0.719. The molecule has 0 spiro atoms. The van der Waals surface area contributed by atoms with Gasteiger partial charge in [0.25, 0.3) is 0 Å². The van der Waals surface area contributed by atoms with Crippen molar-refractivity contribution in [2.45, 2.75) is 13.1 Å². The van der Waals surface area contributed by atoms with Crippen molar-refractivity contribution in [2.24, 2.45) is 0 Å². The van der Waals surface area contributed by atoms with Crippen LogP contribution in [0.4, 0.5) is 0 Å². The summed E-state index contributed by atoms with van der Waals surface area (Å²) in [5, 5.41) is 20.3. The normalized spacial score (nSPS) is 9.57. The molecule has 1 aromatic carbocycles. The van der Waals surface area contributed by atoms with Crippen molar-refractivity contribution in [2.75, 3.05) is 0 Å². The van der Waals surface area contributed by atoms with Crippen LogP contribution < -0.4 is 5.32 Å². The van der Waals surface area contributed by atoms with Crippen molar-refractivity contribution >= 4 is 39.2 Å². The highest BCUT2D eigenvalue weighted by molar-refractivity contribution is 9.10. The second-order valence-electron chi connectivity index (χ2n) is 3.93. The minimum Gasteiger partial charge on any atom is -0.473 e. The molecular weight excluding hydrogens is 358 g/mol. The molecule has 5 nitrogen and oxygen atoms in total. The Morgan fingerprint density at radius 2 is 1.71 bits per heavy atom. The van der Waals surface area contributed by atoms with Gasteiger partial charge in [0.1, 0.15) is 0 Å². The van der Waals surface area contributed by atoms with Gasteiger partial charge in [-0.1, -0.05) is 30.3 Å². The first-order chi connectivity index (χ1) is 9.99. The molecule has 0 amide bonds. The Balaban J connectivity index is 0.000000315. The lowest BCUT2D eigenvalue weighted by Gasteiger charge is -2.02. The number of nitrogens with one attached hydrogen (secondary N) is 1. The SMILES string of the molecule is Brc1csc(CNCc2ccccc2)c1.O=C(O)C(=O)O. The second-order valence-corrected chi connectivity index (χ2v) is 5.84. The standard InChI is InChI=1S/C12H12BrNS.C2H2O4/c13-11-6-12(15-9-11)8-14-7-10-4-2-1-3-5-10;3-1(4)2(5)6/h1-6,9,14H,7-8H2;(H,3,4)(H,5,6). The van der Waals surface area contributed by atoms with Crippen LogP contribution in [0.3, 0.4) is 0 Å². The third-order valence-corrected chi connectivity index (χ3v) is 3.97. The van der Waals surface area contributed by atoms with Gasteiger partial charge in [-0.15, -0.1) is 11.3 Å². The van der Waals surface area contributed by atoms with Gasteiger partial charge in [-0.05, 0) is 27.6 Å². The van der Waals surface area contributed by atoms with E-state index in [1.165, 1.54) is 14.9 Å². The van der Waals surface area contributed by atoms with Crippen molar-refractivity contribution in [1.29, 1.82) is 0 Å². The van der Waals surface area contributed by atoms with E-state index in [0.717, 1.165) is 13.1 Å². The number of carbonyl (C=O) groups is 2. The summed E-state index contributed by atoms with van der Waals surface area (Å²) in [6.07, 6.45) is 0. The van der Waals surface area contributed by atoms with E-state index in [1.807, 2.05) is 6.07 Å². The molecule has 3 N–H and O–H groups in total. The van der Waals surface area contributed by atoms with E-state index in [-0.39, 0.29) is 0 Å². The number of halogens is 1. The van der Waals surface area contributed by atoms with Gasteiger partial charge in [0.15, 0.2) is 0 Å². The van der Waals surface area contributed by atoms with E-state index in [4.69, 9.17) is 19.8 Å². The van der Waals surface area contributed by atoms with Crippen molar-refractivity contribution in [3.8, 4) is 0 Å². The molecule has 1 heterocycles. The van der Waals surface area contributed by atoms with E-state index < -0.39 is 11.9 Å². The Hall–Kier alpha value is -1.70. The van der Waals surface area contributed by atoms with Crippen LogP contribution in [0.1, 0.15) is 10.4 Å². The number of rotatable bonds is 4. The maximum absolute atomic E-state index is 9.10. The summed E-state index contributed by atoms with van der Waals surface area (Å²) in [5.41, 5.74) is 1.33. The Morgan fingerprint density at radius 3 is 2.19 bits per heavy atom. The summed E-state index contributed by atoms with van der Waals surface area (Å²) in [6, 6.07) is 12.6. The van der Waals surface area contributed by atoms with Crippen LogP contribution in [0.5, 0.6) is 0 Å². The van der Waals surface area contributed by atoms with Gasteiger partial charge in [-0.25, -0.2) is 9.59 Å². The molecule has 21 heavy (non-hydrogen) atoms. The smallest absolute Gasteiger partial charge is 0.414 e. The number of hydrogen-bond acceptors (Lipinski definition) is 4. The first kappa shape index (κ1) is 17.4. The van der Waals surface area contributed by atoms with Crippen LogP contribution in [-0.4, -0.2) is 22.2 Å². The molecular formula is C14H14BrNO4S. The largest absolute Gasteiger partial charge is 0.473 e. The average Bonchev–Trinajstić information content (AvgIpc) is 2.86. The molecule has 2 aromatic rings. The predicted molar refractivity (Wildman–Crippen MR) is 84.3 cm³/mol. The summed E-state index contributed by atoms with van der Waals surface area (Å²) in [5.74, 6) is -3.65. The Morgan fingerprint density at radius 1 is 1.10 bits per heavy atom. The van der Waals surface area contributed by atoms with Crippen LogP contribution in [0.2, 0.25) is 0 Å². The molecule has 7 heteroatoms. The molecule has 0 aliphatic carbocycles. The number of carboxylic acid groups (broad SMARTS) is 2. The zero-order valence-electron chi connectivity index (χ0n) is 11.0. The second kappa shape index (κ2) is 9.28. The Labute approximate surface area is 134 Å². The minimum atomic E-state index is -1.82. The van der Waals surface area contributed by atoms with Gasteiger partial charge in [0.2, 0.25) is 0 Å². The summed E-state index contributed by atoms with van der Waals surface area (Å²) < 4.78 is 1.17. The topological polar surface area (TPSA) is 86.6 Å². The molecule has 0 saturated carbocycles. The van der Waals surface area contributed by atoms with Gasteiger partial charge in [0.05, 0.1) is 0 Å². The average molecular weight is 372 g/mol. The van der Waals surface area contributed by atoms with Crippen LogP contribution in [0.15, 0.2) is 46.3 Å². The van der Waals surface area contributed by atoms with E-state index in [1.54, 1.807) is 11.3 Å². The molecule has 0 aliphatic rings. The lowest BCUT2D eigenvalue weighted by Crippen LogP contribution is -2.11. The first-order valence-electron chi connectivity index (χ1n) is 5.93. The summed E-state index contributed by atoms with van der Waals surface area (Å²) in [6.45, 7) is 1.86. The molecule has 112 valence electrons. The first-order valence-corrected chi connectivity index (χ1v) is 7.60. The van der Waals surface area contributed by atoms with Crippen molar-refractivity contribution in [3.63, 3.8) is 0 Å². The van der Waals surface area contributed by atoms with Crippen LogP contribution in [-0.2, 0) is 22.7 Å². The zero-order valence-corrected chi connectivity index (χ0v) is 13.4. The molecule has 2 rings (SSSR count). The van der Waals surface area contributed by atoms with Crippen molar-refractivity contribution < 1.29 is 19.8 Å². The maximum Gasteiger partial charge on any atom is 0.414 e. The Bertz CT molecular complexity index is 574. The van der Waals surface area contributed by atoms with E-state index in [9.17, 15) is 0 Å². The van der Waals surface area contributed by atoms with Crippen LogP contribution in [0, 0.1) is 0 Å². The predicted octanol–water partition coefficient (Wildman–Crippen LogP) is 2.96. The highest BCUT2D eigenvalue weighted by Gasteiger charge is 2.04. The fourth-order valence-electron chi connectivity index (χ4n) is 1.37. The molecule has 0 fully saturated rings. The molecule has 0 atom stereocenters. The Kier molecular flexibility index (Phi) is 7.66.